The van der Waals surface area contributed by atoms with Crippen molar-refractivity contribution in [1.82, 2.24) is 15.3 Å². The maximum Gasteiger partial charge on any atom is 0.407 e. The molecule has 0 aromatic carbocycles. The summed E-state index contributed by atoms with van der Waals surface area (Å²) in [7, 11) is 0. The number of nitrogens with zero attached hydrogens (tertiary/aromatic N) is 2. The van der Waals surface area contributed by atoms with Crippen LogP contribution in [-0.4, -0.2) is 33.7 Å². The lowest BCUT2D eigenvalue weighted by Crippen LogP contribution is -2.42. The zero-order chi connectivity index (χ0) is 16.9. The first-order valence-electron chi connectivity index (χ1n) is 8.06. The standard InChI is InChI=1S/C17H26N4O2/c1-5-12-10-18-15(19-11-12)20-13-6-8-14(9-7-13)21-16(22)23-17(2,3)4/h5,10-11,13-14H,1,6-9H2,2-4H3,(H,21,22)(H,18,19,20). The van der Waals surface area contributed by atoms with Gasteiger partial charge < -0.3 is 15.4 Å². The predicted molar refractivity (Wildman–Crippen MR) is 91.2 cm³/mol. The second-order valence-corrected chi connectivity index (χ2v) is 6.88. The summed E-state index contributed by atoms with van der Waals surface area (Å²) >= 11 is 0. The summed E-state index contributed by atoms with van der Waals surface area (Å²) in [6.07, 6.45) is 8.65. The van der Waals surface area contributed by atoms with Gasteiger partial charge in [0.05, 0.1) is 0 Å². The fourth-order valence-electron chi connectivity index (χ4n) is 2.56. The van der Waals surface area contributed by atoms with Gasteiger partial charge >= 0.3 is 6.09 Å². The molecule has 1 fully saturated rings. The molecule has 0 unspecified atom stereocenters. The van der Waals surface area contributed by atoms with Gasteiger partial charge in [0.1, 0.15) is 5.60 Å². The van der Waals surface area contributed by atoms with Crippen molar-refractivity contribution in [2.45, 2.75) is 64.1 Å². The van der Waals surface area contributed by atoms with Crippen molar-refractivity contribution in [3.63, 3.8) is 0 Å². The van der Waals surface area contributed by atoms with Gasteiger partial charge in [0.25, 0.3) is 0 Å². The quantitative estimate of drug-likeness (QED) is 0.890. The summed E-state index contributed by atoms with van der Waals surface area (Å²) in [4.78, 5) is 20.3. The minimum Gasteiger partial charge on any atom is -0.444 e. The lowest BCUT2D eigenvalue weighted by atomic mass is 9.91. The van der Waals surface area contributed by atoms with Crippen molar-refractivity contribution >= 4 is 18.1 Å². The summed E-state index contributed by atoms with van der Waals surface area (Å²) in [5.74, 6) is 0.638. The maximum atomic E-state index is 11.8. The van der Waals surface area contributed by atoms with Crippen LogP contribution in [0.4, 0.5) is 10.7 Å². The van der Waals surface area contributed by atoms with Crippen molar-refractivity contribution in [3.05, 3.63) is 24.5 Å². The predicted octanol–water partition coefficient (Wildman–Crippen LogP) is 3.37. The van der Waals surface area contributed by atoms with E-state index in [0.717, 1.165) is 31.2 Å². The van der Waals surface area contributed by atoms with E-state index >= 15 is 0 Å². The summed E-state index contributed by atoms with van der Waals surface area (Å²) < 4.78 is 5.29. The van der Waals surface area contributed by atoms with Crippen LogP contribution in [0, 0.1) is 0 Å². The van der Waals surface area contributed by atoms with Crippen molar-refractivity contribution < 1.29 is 9.53 Å². The van der Waals surface area contributed by atoms with Crippen molar-refractivity contribution in [3.8, 4) is 0 Å². The van der Waals surface area contributed by atoms with Crippen LogP contribution in [-0.2, 0) is 4.74 Å². The number of hydrogen-bond donors (Lipinski definition) is 2. The first kappa shape index (κ1) is 17.2. The average molecular weight is 318 g/mol. The molecule has 6 nitrogen and oxygen atoms in total. The Morgan fingerprint density at radius 2 is 1.78 bits per heavy atom. The lowest BCUT2D eigenvalue weighted by Gasteiger charge is -2.30. The van der Waals surface area contributed by atoms with Gasteiger partial charge in [-0.05, 0) is 46.5 Å². The molecule has 6 heteroatoms. The SMILES string of the molecule is C=Cc1cnc(NC2CCC(NC(=O)OC(C)(C)C)CC2)nc1. The van der Waals surface area contributed by atoms with Crippen LogP contribution in [0.5, 0.6) is 0 Å². The van der Waals surface area contributed by atoms with Crippen LogP contribution in [0.2, 0.25) is 0 Å². The van der Waals surface area contributed by atoms with E-state index in [9.17, 15) is 4.79 Å². The van der Waals surface area contributed by atoms with Gasteiger partial charge in [-0.1, -0.05) is 12.7 Å². The molecule has 1 heterocycles. The Labute approximate surface area is 137 Å². The third-order valence-electron chi connectivity index (χ3n) is 3.69. The van der Waals surface area contributed by atoms with E-state index < -0.39 is 5.60 Å². The van der Waals surface area contributed by atoms with Crippen LogP contribution >= 0.6 is 0 Å². The van der Waals surface area contributed by atoms with Crippen LogP contribution < -0.4 is 10.6 Å². The first-order chi connectivity index (χ1) is 10.9. The van der Waals surface area contributed by atoms with E-state index in [1.807, 2.05) is 20.8 Å². The highest BCUT2D eigenvalue weighted by Crippen LogP contribution is 2.21. The molecule has 0 bridgehead atoms. The molecule has 1 amide bonds. The fraction of sp³-hybridized carbons (Fsp3) is 0.588. The minimum atomic E-state index is -0.461. The number of rotatable bonds is 4. The summed E-state index contributed by atoms with van der Waals surface area (Å²) in [6.45, 7) is 9.28. The Morgan fingerprint density at radius 3 is 2.30 bits per heavy atom. The van der Waals surface area contributed by atoms with Gasteiger partial charge in [-0.2, -0.15) is 0 Å². The summed E-state index contributed by atoms with van der Waals surface area (Å²) in [6, 6.07) is 0.508. The topological polar surface area (TPSA) is 76.1 Å². The Hall–Kier alpha value is -2.11. The molecule has 2 rings (SSSR count). The lowest BCUT2D eigenvalue weighted by molar-refractivity contribution is 0.0492. The number of alkyl carbamates (subject to hydrolysis) is 1. The highest BCUT2D eigenvalue weighted by atomic mass is 16.6. The van der Waals surface area contributed by atoms with Gasteiger partial charge in [0.2, 0.25) is 5.95 Å². The second kappa shape index (κ2) is 7.44. The van der Waals surface area contributed by atoms with Crippen LogP contribution in [0.15, 0.2) is 19.0 Å². The van der Waals surface area contributed by atoms with Crippen molar-refractivity contribution in [2.75, 3.05) is 5.32 Å². The first-order valence-corrected chi connectivity index (χ1v) is 8.06. The third-order valence-corrected chi connectivity index (χ3v) is 3.69. The molecule has 1 aliphatic rings. The maximum absolute atomic E-state index is 11.8. The molecule has 1 aliphatic carbocycles. The highest BCUT2D eigenvalue weighted by molar-refractivity contribution is 5.68. The van der Waals surface area contributed by atoms with E-state index in [-0.39, 0.29) is 12.1 Å². The van der Waals surface area contributed by atoms with Gasteiger partial charge in [-0.25, -0.2) is 14.8 Å². The Kier molecular flexibility index (Phi) is 5.58. The number of aromatic nitrogens is 2. The third kappa shape index (κ3) is 5.88. The molecule has 0 spiro atoms. The molecule has 23 heavy (non-hydrogen) atoms. The Bertz CT molecular complexity index is 529. The number of carbonyl (C=O) groups is 1. The van der Waals surface area contributed by atoms with Crippen LogP contribution in [0.1, 0.15) is 52.0 Å². The molecule has 0 radical (unpaired) electrons. The molecular formula is C17H26N4O2. The highest BCUT2D eigenvalue weighted by Gasteiger charge is 2.25. The van der Waals surface area contributed by atoms with E-state index in [1.165, 1.54) is 0 Å². The molecule has 0 aliphatic heterocycles. The van der Waals surface area contributed by atoms with Gasteiger partial charge in [-0.3, -0.25) is 0 Å². The number of carbonyl (C=O) groups excluding carboxylic acids is 1. The number of ether oxygens (including phenoxy) is 1. The molecule has 1 aromatic heterocycles. The summed E-state index contributed by atoms with van der Waals surface area (Å²) in [5, 5.41) is 6.29. The molecule has 0 saturated heterocycles. The van der Waals surface area contributed by atoms with Crippen molar-refractivity contribution in [1.29, 1.82) is 0 Å². The zero-order valence-corrected chi connectivity index (χ0v) is 14.1. The number of anilines is 1. The molecule has 1 aromatic rings. The van der Waals surface area contributed by atoms with E-state index in [4.69, 9.17) is 4.74 Å². The smallest absolute Gasteiger partial charge is 0.407 e. The second-order valence-electron chi connectivity index (χ2n) is 6.88. The van der Waals surface area contributed by atoms with Crippen LogP contribution in [0.25, 0.3) is 6.08 Å². The summed E-state index contributed by atoms with van der Waals surface area (Å²) in [5.41, 5.74) is 0.443. The Balaban J connectivity index is 1.75. The van der Waals surface area contributed by atoms with Gasteiger partial charge in [0, 0.05) is 30.0 Å². The van der Waals surface area contributed by atoms with E-state index in [0.29, 0.717) is 12.0 Å². The van der Waals surface area contributed by atoms with Gasteiger partial charge in [-0.15, -0.1) is 0 Å². The Morgan fingerprint density at radius 1 is 1.22 bits per heavy atom. The average Bonchev–Trinajstić information content (AvgIpc) is 2.48. The normalized spacial score (nSPS) is 21.3. The fourth-order valence-corrected chi connectivity index (χ4v) is 2.56. The minimum absolute atomic E-state index is 0.173. The molecule has 1 saturated carbocycles. The number of amides is 1. The van der Waals surface area contributed by atoms with Crippen LogP contribution in [0.3, 0.4) is 0 Å². The largest absolute Gasteiger partial charge is 0.444 e. The molecule has 2 N–H and O–H groups in total. The molecular weight excluding hydrogens is 292 g/mol. The van der Waals surface area contributed by atoms with Gasteiger partial charge in [0.15, 0.2) is 0 Å². The number of hydrogen-bond acceptors (Lipinski definition) is 5. The van der Waals surface area contributed by atoms with Crippen molar-refractivity contribution in [2.24, 2.45) is 0 Å². The molecule has 0 atom stereocenters. The van der Waals surface area contributed by atoms with E-state index in [2.05, 4.69) is 27.2 Å². The number of nitrogens with one attached hydrogen (secondary N) is 2. The molecule has 126 valence electrons. The zero-order valence-electron chi connectivity index (χ0n) is 14.1. The van der Waals surface area contributed by atoms with E-state index in [1.54, 1.807) is 18.5 Å². The monoisotopic (exact) mass is 318 g/mol.